The Morgan fingerprint density at radius 2 is 1.32 bits per heavy atom. The van der Waals surface area contributed by atoms with Crippen molar-refractivity contribution < 1.29 is 24.2 Å². The van der Waals surface area contributed by atoms with Gasteiger partial charge in [-0.25, -0.2) is 0 Å². The lowest BCUT2D eigenvalue weighted by molar-refractivity contribution is -0.173. The monoisotopic (exact) mass is 420 g/mol. The molecule has 2 unspecified atom stereocenters. The molecule has 2 aromatic carbocycles. The Morgan fingerprint density at radius 1 is 0.871 bits per heavy atom. The van der Waals surface area contributed by atoms with Crippen LogP contribution in [0.5, 0.6) is 0 Å². The molecule has 0 saturated heterocycles. The molecule has 0 aliphatic heterocycles. The summed E-state index contributed by atoms with van der Waals surface area (Å²) in [5, 5.41) is 9.19. The average molecular weight is 421 g/mol. The van der Waals surface area contributed by atoms with Gasteiger partial charge in [0.05, 0.1) is 18.4 Å². The lowest BCUT2D eigenvalue weighted by Gasteiger charge is -2.48. The van der Waals surface area contributed by atoms with Crippen LogP contribution in [0.4, 0.5) is 0 Å². The number of ether oxygens (including phenoxy) is 2. The SMILES string of the molecule is CC1(OC(=O)C2C3c4ccccc4C(c4ccccc43)C2C(=O)OCCO)CCCC1. The fourth-order valence-electron chi connectivity index (χ4n) is 6.02. The zero-order valence-corrected chi connectivity index (χ0v) is 17.8. The molecule has 0 aromatic heterocycles. The minimum atomic E-state index is -0.668. The number of carbonyl (C=O) groups excluding carboxylic acids is 2. The van der Waals surface area contributed by atoms with Crippen molar-refractivity contribution >= 4 is 11.9 Å². The van der Waals surface area contributed by atoms with E-state index in [0.717, 1.165) is 47.9 Å². The first kappa shape index (κ1) is 20.3. The van der Waals surface area contributed by atoms with E-state index in [1.54, 1.807) is 0 Å². The summed E-state index contributed by atoms with van der Waals surface area (Å²) in [7, 11) is 0. The first-order valence-corrected chi connectivity index (χ1v) is 11.2. The van der Waals surface area contributed by atoms with Crippen LogP contribution in [0, 0.1) is 11.8 Å². The number of hydrogen-bond acceptors (Lipinski definition) is 5. The molecule has 1 fully saturated rings. The molecular weight excluding hydrogens is 392 g/mol. The Labute approximate surface area is 182 Å². The number of esters is 2. The van der Waals surface area contributed by atoms with Gasteiger partial charge in [0.2, 0.25) is 0 Å². The molecule has 6 rings (SSSR count). The highest BCUT2D eigenvalue weighted by Crippen LogP contribution is 2.59. The zero-order valence-electron chi connectivity index (χ0n) is 17.8. The zero-order chi connectivity index (χ0) is 21.6. The summed E-state index contributed by atoms with van der Waals surface area (Å²) in [6.07, 6.45) is 3.81. The van der Waals surface area contributed by atoms with Crippen LogP contribution in [0.3, 0.4) is 0 Å². The summed E-state index contributed by atoms with van der Waals surface area (Å²) in [6.45, 7) is 1.68. The lowest BCUT2D eigenvalue weighted by Crippen LogP contribution is -2.49. The van der Waals surface area contributed by atoms with E-state index in [1.165, 1.54) is 0 Å². The van der Waals surface area contributed by atoms with Gasteiger partial charge in [-0.2, -0.15) is 0 Å². The number of hydrogen-bond donors (Lipinski definition) is 1. The third-order valence-electron chi connectivity index (χ3n) is 7.33. The third kappa shape index (κ3) is 3.26. The van der Waals surface area contributed by atoms with Gasteiger partial charge in [0.1, 0.15) is 12.2 Å². The summed E-state index contributed by atoms with van der Waals surface area (Å²) < 4.78 is 11.5. The van der Waals surface area contributed by atoms with Crippen LogP contribution in [-0.2, 0) is 19.1 Å². The lowest BCUT2D eigenvalue weighted by atomic mass is 9.54. The summed E-state index contributed by atoms with van der Waals surface area (Å²) in [5.41, 5.74) is 3.88. The molecule has 0 spiro atoms. The minimum absolute atomic E-state index is 0.0739. The third-order valence-corrected chi connectivity index (χ3v) is 7.33. The molecule has 4 aliphatic rings. The Bertz CT molecular complexity index is 959. The van der Waals surface area contributed by atoms with Crippen molar-refractivity contribution in [3.63, 3.8) is 0 Å². The van der Waals surface area contributed by atoms with Gasteiger partial charge in [0.25, 0.3) is 0 Å². The summed E-state index contributed by atoms with van der Waals surface area (Å²) in [5.74, 6) is -2.57. The Balaban J connectivity index is 1.62. The van der Waals surface area contributed by atoms with Crippen molar-refractivity contribution in [1.82, 2.24) is 0 Å². The van der Waals surface area contributed by atoms with Gasteiger partial charge in [-0.15, -0.1) is 0 Å². The first-order valence-electron chi connectivity index (χ1n) is 11.2. The molecule has 4 aliphatic carbocycles. The first-order chi connectivity index (χ1) is 15.0. The molecule has 2 aromatic rings. The highest BCUT2D eigenvalue weighted by Gasteiger charge is 2.57. The van der Waals surface area contributed by atoms with E-state index in [4.69, 9.17) is 9.47 Å². The van der Waals surface area contributed by atoms with Crippen LogP contribution in [0.15, 0.2) is 48.5 Å². The highest BCUT2D eigenvalue weighted by atomic mass is 16.6. The quantitative estimate of drug-likeness (QED) is 0.743. The summed E-state index contributed by atoms with van der Waals surface area (Å²) >= 11 is 0. The fourth-order valence-corrected chi connectivity index (χ4v) is 6.02. The van der Waals surface area contributed by atoms with E-state index in [2.05, 4.69) is 24.3 Å². The fraction of sp³-hybridized carbons (Fsp3) is 0.462. The maximum absolute atomic E-state index is 13.7. The molecule has 5 nitrogen and oxygen atoms in total. The van der Waals surface area contributed by atoms with Crippen LogP contribution in [0.2, 0.25) is 0 Å². The van der Waals surface area contributed by atoms with Crippen LogP contribution < -0.4 is 0 Å². The van der Waals surface area contributed by atoms with Gasteiger partial charge >= 0.3 is 11.9 Å². The number of rotatable bonds is 5. The van der Waals surface area contributed by atoms with Crippen LogP contribution in [-0.4, -0.2) is 35.9 Å². The number of carbonyl (C=O) groups is 2. The standard InChI is InChI=1S/C26H28O5/c1-26(12-6-7-13-26)31-25(29)23-21-18-10-4-2-8-16(18)20(17-9-3-5-11-19(17)21)22(23)24(28)30-15-14-27/h2-5,8-11,20-23,27H,6-7,12-15H2,1H3. The molecule has 162 valence electrons. The summed E-state index contributed by atoms with van der Waals surface area (Å²) in [6, 6.07) is 16.2. The second kappa shape index (κ2) is 7.79. The molecule has 31 heavy (non-hydrogen) atoms. The second-order valence-corrected chi connectivity index (χ2v) is 9.23. The highest BCUT2D eigenvalue weighted by molar-refractivity contribution is 5.88. The van der Waals surface area contributed by atoms with Gasteiger partial charge in [-0.1, -0.05) is 48.5 Å². The van der Waals surface area contributed by atoms with Crippen LogP contribution in [0.25, 0.3) is 0 Å². The predicted octanol–water partition coefficient (Wildman–Crippen LogP) is 3.92. The van der Waals surface area contributed by atoms with Crippen LogP contribution >= 0.6 is 0 Å². The van der Waals surface area contributed by atoms with E-state index >= 15 is 0 Å². The van der Waals surface area contributed by atoms with Gasteiger partial charge in [0, 0.05) is 11.8 Å². The molecule has 1 saturated carbocycles. The minimum Gasteiger partial charge on any atom is -0.463 e. The molecule has 0 heterocycles. The van der Waals surface area contributed by atoms with Gasteiger partial charge in [-0.05, 0) is 54.9 Å². The largest absolute Gasteiger partial charge is 0.463 e. The van der Waals surface area contributed by atoms with E-state index in [0.29, 0.717) is 0 Å². The molecular formula is C26H28O5. The van der Waals surface area contributed by atoms with Gasteiger partial charge < -0.3 is 14.6 Å². The Kier molecular flexibility index (Phi) is 5.09. The smallest absolute Gasteiger partial charge is 0.311 e. The van der Waals surface area contributed by atoms with Crippen molar-refractivity contribution in [1.29, 1.82) is 0 Å². The molecule has 2 bridgehead atoms. The second-order valence-electron chi connectivity index (χ2n) is 9.23. The van der Waals surface area contributed by atoms with Crippen LogP contribution in [0.1, 0.15) is 66.7 Å². The van der Waals surface area contributed by atoms with E-state index in [-0.39, 0.29) is 31.0 Å². The van der Waals surface area contributed by atoms with Gasteiger partial charge in [0.15, 0.2) is 0 Å². The van der Waals surface area contributed by atoms with Crippen molar-refractivity contribution in [2.24, 2.45) is 11.8 Å². The number of aliphatic hydroxyl groups excluding tert-OH is 1. The van der Waals surface area contributed by atoms with E-state index in [1.807, 2.05) is 31.2 Å². The average Bonchev–Trinajstić information content (AvgIpc) is 3.22. The maximum Gasteiger partial charge on any atom is 0.311 e. The Hall–Kier alpha value is -2.66. The number of benzene rings is 2. The molecule has 2 atom stereocenters. The normalized spacial score (nSPS) is 27.3. The Morgan fingerprint density at radius 3 is 1.77 bits per heavy atom. The van der Waals surface area contributed by atoms with Crippen molar-refractivity contribution in [2.75, 3.05) is 13.2 Å². The number of fused-ring (bicyclic) bond motifs is 1. The predicted molar refractivity (Wildman–Crippen MR) is 115 cm³/mol. The topological polar surface area (TPSA) is 72.8 Å². The van der Waals surface area contributed by atoms with E-state index in [9.17, 15) is 14.7 Å². The van der Waals surface area contributed by atoms with Gasteiger partial charge in [-0.3, -0.25) is 9.59 Å². The van der Waals surface area contributed by atoms with Crippen molar-refractivity contribution in [3.05, 3.63) is 70.8 Å². The molecule has 0 amide bonds. The molecule has 0 radical (unpaired) electrons. The van der Waals surface area contributed by atoms with E-state index < -0.39 is 23.4 Å². The molecule has 5 heteroatoms. The van der Waals surface area contributed by atoms with Crippen molar-refractivity contribution in [2.45, 2.75) is 50.0 Å². The van der Waals surface area contributed by atoms with Crippen molar-refractivity contribution in [3.8, 4) is 0 Å². The maximum atomic E-state index is 13.7. The summed E-state index contributed by atoms with van der Waals surface area (Å²) in [4.78, 5) is 26.9. The molecule has 1 N–H and O–H groups in total. The number of aliphatic hydroxyl groups is 1.